The van der Waals surface area contributed by atoms with E-state index in [4.69, 9.17) is 5.73 Å². The van der Waals surface area contributed by atoms with Crippen LogP contribution in [-0.4, -0.2) is 43.0 Å². The van der Waals surface area contributed by atoms with Gasteiger partial charge in [-0.1, -0.05) is 37.3 Å². The van der Waals surface area contributed by atoms with Gasteiger partial charge in [0.25, 0.3) is 0 Å². The predicted molar refractivity (Wildman–Crippen MR) is 85.0 cm³/mol. The van der Waals surface area contributed by atoms with Crippen molar-refractivity contribution in [1.82, 2.24) is 15.5 Å². The Morgan fingerprint density at radius 1 is 1.32 bits per heavy atom. The lowest BCUT2D eigenvalue weighted by atomic mass is 9.90. The highest BCUT2D eigenvalue weighted by Crippen LogP contribution is 2.27. The molecule has 1 aromatic carbocycles. The van der Waals surface area contributed by atoms with Crippen LogP contribution in [-0.2, 0) is 11.3 Å². The zero-order chi connectivity index (χ0) is 16.0. The summed E-state index contributed by atoms with van der Waals surface area (Å²) in [6, 6.07) is 9.09. The molecule has 1 fully saturated rings. The summed E-state index contributed by atoms with van der Waals surface area (Å²) in [5.41, 5.74) is 6.81. The fourth-order valence-corrected chi connectivity index (χ4v) is 2.62. The van der Waals surface area contributed by atoms with Crippen LogP contribution >= 0.6 is 0 Å². The number of rotatable bonds is 5. The van der Waals surface area contributed by atoms with Crippen molar-refractivity contribution in [3.05, 3.63) is 35.9 Å². The molecule has 1 aromatic rings. The molecular formula is C16H24N4O2. The highest BCUT2D eigenvalue weighted by molar-refractivity contribution is 5.95. The van der Waals surface area contributed by atoms with E-state index in [1.165, 1.54) is 0 Å². The second kappa shape index (κ2) is 7.38. The first kappa shape index (κ1) is 16.5. The molecule has 6 heteroatoms. The summed E-state index contributed by atoms with van der Waals surface area (Å²) in [7, 11) is 0. The first-order valence-electron chi connectivity index (χ1n) is 7.55. The van der Waals surface area contributed by atoms with Gasteiger partial charge in [-0.2, -0.15) is 0 Å². The molecule has 0 aromatic heterocycles. The fraction of sp³-hybridized carbons (Fsp3) is 0.500. The number of nitrogens with zero attached hydrogens (tertiary/aromatic N) is 1. The minimum Gasteiger partial charge on any atom is -0.334 e. The molecule has 22 heavy (non-hydrogen) atoms. The largest absolute Gasteiger partial charge is 0.334 e. The summed E-state index contributed by atoms with van der Waals surface area (Å²) in [4.78, 5) is 25.6. The third-order valence-corrected chi connectivity index (χ3v) is 4.05. The van der Waals surface area contributed by atoms with Crippen molar-refractivity contribution in [3.63, 3.8) is 0 Å². The molecule has 1 aliphatic rings. The Hall–Kier alpha value is -1.92. The lowest BCUT2D eigenvalue weighted by Crippen LogP contribution is -2.44. The molecule has 0 bridgehead atoms. The minimum absolute atomic E-state index is 0.0792. The van der Waals surface area contributed by atoms with Crippen LogP contribution in [0.3, 0.4) is 0 Å². The number of likely N-dealkylation sites (tertiary alicyclic amines) is 1. The molecule has 0 radical (unpaired) electrons. The van der Waals surface area contributed by atoms with Crippen LogP contribution < -0.4 is 16.4 Å². The summed E-state index contributed by atoms with van der Waals surface area (Å²) in [6.45, 7) is 5.00. The summed E-state index contributed by atoms with van der Waals surface area (Å²) < 4.78 is 0. The standard InChI is InChI=1S/C16H24N4O2/c1-16(11-17)7-8-20(12-16)10-14(21)19-15(22)18-9-13-5-3-2-4-6-13/h2-6H,7-12,17H2,1H3,(H2,18,19,21,22). The molecule has 6 nitrogen and oxygen atoms in total. The van der Waals surface area contributed by atoms with Crippen molar-refractivity contribution in [1.29, 1.82) is 0 Å². The number of hydrogen-bond donors (Lipinski definition) is 3. The zero-order valence-corrected chi connectivity index (χ0v) is 13.0. The van der Waals surface area contributed by atoms with Crippen LogP contribution in [0.1, 0.15) is 18.9 Å². The van der Waals surface area contributed by atoms with Crippen LogP contribution in [0.4, 0.5) is 4.79 Å². The average Bonchev–Trinajstić information content (AvgIpc) is 2.88. The molecule has 0 saturated carbocycles. The Morgan fingerprint density at radius 3 is 2.68 bits per heavy atom. The molecular weight excluding hydrogens is 280 g/mol. The molecule has 3 amide bonds. The third-order valence-electron chi connectivity index (χ3n) is 4.05. The smallest absolute Gasteiger partial charge is 0.321 e. The normalized spacial score (nSPS) is 21.5. The van der Waals surface area contributed by atoms with Gasteiger partial charge in [-0.15, -0.1) is 0 Å². The van der Waals surface area contributed by atoms with Crippen molar-refractivity contribution < 1.29 is 9.59 Å². The van der Waals surface area contributed by atoms with E-state index in [9.17, 15) is 9.59 Å². The van der Waals surface area contributed by atoms with E-state index < -0.39 is 6.03 Å². The second-order valence-corrected chi connectivity index (χ2v) is 6.19. The monoisotopic (exact) mass is 304 g/mol. The molecule has 1 heterocycles. The predicted octanol–water partition coefficient (Wildman–Crippen LogP) is 0.683. The van der Waals surface area contributed by atoms with Crippen LogP contribution in [0.25, 0.3) is 0 Å². The van der Waals surface area contributed by atoms with Gasteiger partial charge in [-0.25, -0.2) is 4.79 Å². The third kappa shape index (κ3) is 4.82. The number of carbonyl (C=O) groups excluding carboxylic acids is 2. The molecule has 1 aliphatic heterocycles. The topological polar surface area (TPSA) is 87.5 Å². The molecule has 4 N–H and O–H groups in total. The first-order chi connectivity index (χ1) is 10.5. The number of nitrogens with one attached hydrogen (secondary N) is 2. The van der Waals surface area contributed by atoms with E-state index in [1.807, 2.05) is 35.2 Å². The highest BCUT2D eigenvalue weighted by Gasteiger charge is 2.33. The number of benzene rings is 1. The molecule has 1 atom stereocenters. The highest BCUT2D eigenvalue weighted by atomic mass is 16.2. The lowest BCUT2D eigenvalue weighted by Gasteiger charge is -2.22. The molecule has 2 rings (SSSR count). The summed E-state index contributed by atoms with van der Waals surface area (Å²) >= 11 is 0. The van der Waals surface area contributed by atoms with Crippen molar-refractivity contribution in [2.24, 2.45) is 11.1 Å². The average molecular weight is 304 g/mol. The van der Waals surface area contributed by atoms with E-state index >= 15 is 0 Å². The van der Waals surface area contributed by atoms with Gasteiger partial charge < -0.3 is 11.1 Å². The van der Waals surface area contributed by atoms with E-state index in [-0.39, 0.29) is 17.9 Å². The molecule has 0 aliphatic carbocycles. The molecule has 1 unspecified atom stereocenters. The molecule has 120 valence electrons. The summed E-state index contributed by atoms with van der Waals surface area (Å²) in [5, 5.41) is 5.03. The quantitative estimate of drug-likeness (QED) is 0.746. The summed E-state index contributed by atoms with van der Waals surface area (Å²) in [6.07, 6.45) is 0.983. The maximum absolute atomic E-state index is 11.9. The van der Waals surface area contributed by atoms with Crippen LogP contribution in [0.15, 0.2) is 30.3 Å². The van der Waals surface area contributed by atoms with E-state index in [1.54, 1.807) is 0 Å². The van der Waals surface area contributed by atoms with E-state index in [0.29, 0.717) is 13.1 Å². The van der Waals surface area contributed by atoms with Crippen molar-refractivity contribution in [2.75, 3.05) is 26.2 Å². The molecule has 1 saturated heterocycles. The Balaban J connectivity index is 1.70. The van der Waals surface area contributed by atoms with Gasteiger partial charge in [-0.05, 0) is 30.5 Å². The molecule has 0 spiro atoms. The first-order valence-corrected chi connectivity index (χ1v) is 7.55. The summed E-state index contributed by atoms with van der Waals surface area (Å²) in [5.74, 6) is -0.285. The Morgan fingerprint density at radius 2 is 2.05 bits per heavy atom. The lowest BCUT2D eigenvalue weighted by molar-refractivity contribution is -0.121. The number of carbonyl (C=O) groups is 2. The minimum atomic E-state index is -0.463. The number of urea groups is 1. The number of nitrogens with two attached hydrogens (primary N) is 1. The maximum Gasteiger partial charge on any atom is 0.321 e. The van der Waals surface area contributed by atoms with Crippen molar-refractivity contribution >= 4 is 11.9 Å². The van der Waals surface area contributed by atoms with Crippen molar-refractivity contribution in [2.45, 2.75) is 19.9 Å². The Labute approximate surface area is 131 Å². The van der Waals surface area contributed by atoms with Crippen LogP contribution in [0.5, 0.6) is 0 Å². The van der Waals surface area contributed by atoms with Crippen molar-refractivity contribution in [3.8, 4) is 0 Å². The van der Waals surface area contributed by atoms with Gasteiger partial charge in [-0.3, -0.25) is 15.0 Å². The van der Waals surface area contributed by atoms with Gasteiger partial charge in [0.1, 0.15) is 0 Å². The SMILES string of the molecule is CC1(CN)CCN(CC(=O)NC(=O)NCc2ccccc2)C1. The number of imide groups is 1. The Bertz CT molecular complexity index is 520. The van der Waals surface area contributed by atoms with Crippen LogP contribution in [0.2, 0.25) is 0 Å². The van der Waals surface area contributed by atoms with Gasteiger partial charge in [0, 0.05) is 13.1 Å². The number of hydrogen-bond acceptors (Lipinski definition) is 4. The Kier molecular flexibility index (Phi) is 5.51. The van der Waals surface area contributed by atoms with E-state index in [2.05, 4.69) is 17.6 Å². The van der Waals surface area contributed by atoms with Gasteiger partial charge in [0.2, 0.25) is 5.91 Å². The van der Waals surface area contributed by atoms with Gasteiger partial charge in [0.05, 0.1) is 6.54 Å². The van der Waals surface area contributed by atoms with Crippen LogP contribution in [0, 0.1) is 5.41 Å². The number of amides is 3. The maximum atomic E-state index is 11.9. The van der Waals surface area contributed by atoms with Gasteiger partial charge in [0.15, 0.2) is 0 Å². The fourth-order valence-electron chi connectivity index (χ4n) is 2.62. The zero-order valence-electron chi connectivity index (χ0n) is 13.0. The van der Waals surface area contributed by atoms with Gasteiger partial charge >= 0.3 is 6.03 Å². The second-order valence-electron chi connectivity index (χ2n) is 6.19. The van der Waals surface area contributed by atoms with E-state index in [0.717, 1.165) is 25.1 Å².